The molecular weight excluding hydrogens is 423 g/mol. The van der Waals surface area contributed by atoms with Gasteiger partial charge in [-0.15, -0.1) is 0 Å². The van der Waals surface area contributed by atoms with Crippen LogP contribution in [-0.4, -0.2) is 40.8 Å². The Morgan fingerprint density at radius 3 is 2.34 bits per heavy atom. The van der Waals surface area contributed by atoms with Crippen molar-refractivity contribution in [2.24, 2.45) is 0 Å². The largest absolute Gasteiger partial charge is 0.495 e. The van der Waals surface area contributed by atoms with Crippen molar-refractivity contribution in [3.05, 3.63) is 47.2 Å². The highest BCUT2D eigenvalue weighted by molar-refractivity contribution is 7.92. The van der Waals surface area contributed by atoms with Crippen LogP contribution in [0.5, 0.6) is 11.5 Å². The van der Waals surface area contributed by atoms with E-state index in [1.165, 1.54) is 44.6 Å². The summed E-state index contributed by atoms with van der Waals surface area (Å²) < 4.78 is 50.3. The summed E-state index contributed by atoms with van der Waals surface area (Å²) in [4.78, 5) is 13.0. The lowest BCUT2D eigenvalue weighted by atomic mass is 10.1. The second-order valence-electron chi connectivity index (χ2n) is 6.11. The van der Waals surface area contributed by atoms with Gasteiger partial charge in [-0.3, -0.25) is 9.10 Å². The van der Waals surface area contributed by atoms with Crippen molar-refractivity contribution in [1.82, 2.24) is 0 Å². The Morgan fingerprint density at radius 2 is 1.83 bits per heavy atom. The molecule has 0 radical (unpaired) electrons. The Bertz CT molecular complexity index is 1000. The SMILES string of the molecule is CC[C@H](C(=O)Nc1cc(OC)c(Cl)cc1OC)N(c1ccccc1F)S(C)(=O)=O. The molecule has 0 bridgehead atoms. The monoisotopic (exact) mass is 444 g/mol. The number of hydrogen-bond acceptors (Lipinski definition) is 5. The molecule has 0 spiro atoms. The molecule has 0 aromatic heterocycles. The first-order chi connectivity index (χ1) is 13.6. The van der Waals surface area contributed by atoms with Gasteiger partial charge in [-0.05, 0) is 18.6 Å². The zero-order chi connectivity index (χ0) is 21.8. The van der Waals surface area contributed by atoms with Gasteiger partial charge >= 0.3 is 0 Å². The molecule has 0 fully saturated rings. The van der Waals surface area contributed by atoms with Gasteiger partial charge in [0.2, 0.25) is 15.9 Å². The van der Waals surface area contributed by atoms with Gasteiger partial charge in [-0.25, -0.2) is 12.8 Å². The van der Waals surface area contributed by atoms with Crippen molar-refractivity contribution in [1.29, 1.82) is 0 Å². The number of benzene rings is 2. The minimum Gasteiger partial charge on any atom is -0.495 e. The Labute approximate surface area is 174 Å². The van der Waals surface area contributed by atoms with Gasteiger partial charge in [-0.2, -0.15) is 0 Å². The predicted molar refractivity (Wildman–Crippen MR) is 111 cm³/mol. The molecule has 1 N–H and O–H groups in total. The third kappa shape index (κ3) is 5.10. The van der Waals surface area contributed by atoms with E-state index in [2.05, 4.69) is 5.32 Å². The summed E-state index contributed by atoms with van der Waals surface area (Å²) >= 11 is 6.07. The van der Waals surface area contributed by atoms with Crippen LogP contribution < -0.4 is 19.1 Å². The molecule has 0 saturated heterocycles. The molecule has 0 saturated carbocycles. The number of amides is 1. The van der Waals surface area contributed by atoms with E-state index >= 15 is 0 Å². The molecule has 0 unspecified atom stereocenters. The molecule has 0 heterocycles. The number of nitrogens with zero attached hydrogens (tertiary/aromatic N) is 1. The zero-order valence-corrected chi connectivity index (χ0v) is 18.0. The van der Waals surface area contributed by atoms with E-state index in [0.717, 1.165) is 16.6 Å². The number of anilines is 2. The molecule has 2 aromatic rings. The van der Waals surface area contributed by atoms with Gasteiger partial charge in [-0.1, -0.05) is 30.7 Å². The van der Waals surface area contributed by atoms with E-state index in [0.29, 0.717) is 5.75 Å². The van der Waals surface area contributed by atoms with Crippen LogP contribution in [0.1, 0.15) is 13.3 Å². The van der Waals surface area contributed by atoms with E-state index in [1.807, 2.05) is 0 Å². The number of rotatable bonds is 8. The van der Waals surface area contributed by atoms with Crippen LogP contribution in [0.4, 0.5) is 15.8 Å². The fraction of sp³-hybridized carbons (Fsp3) is 0.316. The van der Waals surface area contributed by atoms with Gasteiger partial charge in [0, 0.05) is 12.1 Å². The van der Waals surface area contributed by atoms with Gasteiger partial charge < -0.3 is 14.8 Å². The summed E-state index contributed by atoms with van der Waals surface area (Å²) in [5.41, 5.74) is 0.0248. The highest BCUT2D eigenvalue weighted by atomic mass is 35.5. The number of ether oxygens (including phenoxy) is 2. The fourth-order valence-corrected chi connectivity index (χ4v) is 4.28. The number of methoxy groups -OCH3 is 2. The molecule has 158 valence electrons. The van der Waals surface area contributed by atoms with Gasteiger partial charge in [0.15, 0.2) is 0 Å². The molecule has 1 atom stereocenters. The summed E-state index contributed by atoms with van der Waals surface area (Å²) in [7, 11) is -1.16. The first-order valence-electron chi connectivity index (χ1n) is 8.60. The summed E-state index contributed by atoms with van der Waals surface area (Å²) in [6.07, 6.45) is 1.02. The second-order valence-corrected chi connectivity index (χ2v) is 8.38. The Morgan fingerprint density at radius 1 is 1.21 bits per heavy atom. The van der Waals surface area contributed by atoms with Crippen LogP contribution in [0, 0.1) is 5.82 Å². The lowest BCUT2D eigenvalue weighted by Gasteiger charge is -2.30. The first-order valence-corrected chi connectivity index (χ1v) is 10.8. The van der Waals surface area contributed by atoms with Crippen molar-refractivity contribution < 1.29 is 27.1 Å². The predicted octanol–water partition coefficient (Wildman–Crippen LogP) is 3.68. The first kappa shape index (κ1) is 22.8. The van der Waals surface area contributed by atoms with Crippen molar-refractivity contribution in [3.63, 3.8) is 0 Å². The number of hydrogen-bond donors (Lipinski definition) is 1. The van der Waals surface area contributed by atoms with E-state index in [9.17, 15) is 17.6 Å². The average Bonchev–Trinajstić information content (AvgIpc) is 2.66. The van der Waals surface area contributed by atoms with Crippen LogP contribution in [0.2, 0.25) is 5.02 Å². The maximum Gasteiger partial charge on any atom is 0.248 e. The van der Waals surface area contributed by atoms with E-state index in [1.54, 1.807) is 6.92 Å². The molecule has 10 heteroatoms. The smallest absolute Gasteiger partial charge is 0.248 e. The zero-order valence-electron chi connectivity index (χ0n) is 16.4. The van der Waals surface area contributed by atoms with Crippen molar-refractivity contribution in [3.8, 4) is 11.5 Å². The van der Waals surface area contributed by atoms with Crippen molar-refractivity contribution in [2.75, 3.05) is 30.1 Å². The maximum absolute atomic E-state index is 14.3. The third-order valence-corrected chi connectivity index (χ3v) is 5.61. The van der Waals surface area contributed by atoms with Gasteiger partial charge in [0.05, 0.1) is 36.9 Å². The van der Waals surface area contributed by atoms with E-state index in [4.69, 9.17) is 21.1 Å². The Hall–Kier alpha value is -2.52. The highest BCUT2D eigenvalue weighted by Crippen LogP contribution is 2.36. The quantitative estimate of drug-likeness (QED) is 0.671. The van der Waals surface area contributed by atoms with Crippen molar-refractivity contribution >= 4 is 38.9 Å². The molecule has 0 aliphatic heterocycles. The molecule has 2 rings (SSSR count). The normalized spacial score (nSPS) is 12.2. The minimum absolute atomic E-state index is 0.0975. The standard InChI is InChI=1S/C19H22ClFN2O5S/c1-5-15(23(29(4,25)26)16-9-7-6-8-13(16)21)19(24)22-14-11-17(27-2)12(20)10-18(14)28-3/h6-11,15H,5H2,1-4H3,(H,22,24)/t15-/m1/s1. The number of nitrogens with one attached hydrogen (secondary N) is 1. The number of carbonyl (C=O) groups is 1. The van der Waals surface area contributed by atoms with Crippen LogP contribution in [0.15, 0.2) is 36.4 Å². The molecule has 0 aliphatic rings. The lowest BCUT2D eigenvalue weighted by molar-refractivity contribution is -0.117. The van der Waals surface area contributed by atoms with Crippen LogP contribution in [-0.2, 0) is 14.8 Å². The maximum atomic E-state index is 14.3. The van der Waals surface area contributed by atoms with Crippen LogP contribution in [0.3, 0.4) is 0 Å². The second kappa shape index (κ2) is 9.32. The number of sulfonamides is 1. The summed E-state index contributed by atoms with van der Waals surface area (Å²) in [6.45, 7) is 1.63. The van der Waals surface area contributed by atoms with Gasteiger partial charge in [0.1, 0.15) is 23.4 Å². The summed E-state index contributed by atoms with van der Waals surface area (Å²) in [5.74, 6) is -0.862. The number of halogens is 2. The molecule has 29 heavy (non-hydrogen) atoms. The Balaban J connectivity index is 2.47. The number of carbonyl (C=O) groups excluding carboxylic acids is 1. The summed E-state index contributed by atoms with van der Waals surface area (Å²) in [5, 5.41) is 2.90. The topological polar surface area (TPSA) is 84.9 Å². The molecular formula is C19H22ClFN2O5S. The third-order valence-electron chi connectivity index (χ3n) is 4.15. The van der Waals surface area contributed by atoms with Crippen LogP contribution in [0.25, 0.3) is 0 Å². The van der Waals surface area contributed by atoms with E-state index in [-0.39, 0.29) is 28.6 Å². The van der Waals surface area contributed by atoms with Crippen LogP contribution >= 0.6 is 11.6 Å². The Kier molecular flexibility index (Phi) is 7.32. The highest BCUT2D eigenvalue weighted by Gasteiger charge is 2.33. The lowest BCUT2D eigenvalue weighted by Crippen LogP contribution is -2.47. The average molecular weight is 445 g/mol. The molecule has 1 amide bonds. The van der Waals surface area contributed by atoms with E-state index < -0.39 is 27.8 Å². The van der Waals surface area contributed by atoms with Gasteiger partial charge in [0.25, 0.3) is 0 Å². The number of para-hydroxylation sites is 1. The molecule has 7 nitrogen and oxygen atoms in total. The molecule has 2 aromatic carbocycles. The summed E-state index contributed by atoms with van der Waals surface area (Å²) in [6, 6.07) is 7.08. The minimum atomic E-state index is -3.97. The fourth-order valence-electron chi connectivity index (χ4n) is 2.84. The molecule has 0 aliphatic carbocycles. The van der Waals surface area contributed by atoms with Crippen molar-refractivity contribution in [2.45, 2.75) is 19.4 Å².